The second-order valence-electron chi connectivity index (χ2n) is 5.68. The van der Waals surface area contributed by atoms with Crippen LogP contribution in [-0.2, 0) is 5.54 Å². The molecule has 0 atom stereocenters. The van der Waals surface area contributed by atoms with Gasteiger partial charge in [-0.15, -0.1) is 0 Å². The summed E-state index contributed by atoms with van der Waals surface area (Å²) in [5.74, 6) is 0.765. The van der Waals surface area contributed by atoms with Crippen molar-refractivity contribution in [2.24, 2.45) is 0 Å². The zero-order chi connectivity index (χ0) is 13.0. The molecule has 4 rings (SSSR count). The van der Waals surface area contributed by atoms with Gasteiger partial charge in [-0.2, -0.15) is 0 Å². The third kappa shape index (κ3) is 1.38. The first-order valence-electron chi connectivity index (χ1n) is 6.83. The first-order chi connectivity index (χ1) is 9.20. The van der Waals surface area contributed by atoms with E-state index in [-0.39, 0.29) is 11.4 Å². The van der Waals surface area contributed by atoms with Gasteiger partial charge in [0.1, 0.15) is 17.2 Å². The zero-order valence-corrected chi connectivity index (χ0v) is 10.9. The average Bonchev–Trinajstić information content (AvgIpc) is 2.99. The topological polar surface area (TPSA) is 59.8 Å². The predicted molar refractivity (Wildman–Crippen MR) is 71.0 cm³/mol. The van der Waals surface area contributed by atoms with Crippen molar-refractivity contribution in [3.8, 4) is 0 Å². The first-order valence-corrected chi connectivity index (χ1v) is 6.83. The van der Waals surface area contributed by atoms with Crippen LogP contribution in [0.3, 0.4) is 0 Å². The molecule has 1 N–H and O–H groups in total. The molecular formula is C14H16N4O. The third-order valence-electron chi connectivity index (χ3n) is 4.48. The Morgan fingerprint density at radius 1 is 1.37 bits per heavy atom. The summed E-state index contributed by atoms with van der Waals surface area (Å²) in [5, 5.41) is 4.00. The fourth-order valence-corrected chi connectivity index (χ4v) is 3.57. The van der Waals surface area contributed by atoms with E-state index in [1.807, 2.05) is 19.2 Å². The summed E-state index contributed by atoms with van der Waals surface area (Å²) in [6.07, 6.45) is 6.50. The van der Waals surface area contributed by atoms with Crippen molar-refractivity contribution in [1.29, 1.82) is 0 Å². The molecule has 0 aromatic carbocycles. The summed E-state index contributed by atoms with van der Waals surface area (Å²) in [7, 11) is 0. The molecule has 2 aromatic rings. The molecule has 1 spiro atoms. The van der Waals surface area contributed by atoms with Crippen LogP contribution in [0.4, 0.5) is 0 Å². The number of aryl methyl sites for hydroxylation is 1. The van der Waals surface area contributed by atoms with E-state index in [4.69, 9.17) is 0 Å². The molecule has 1 saturated carbocycles. The highest BCUT2D eigenvalue weighted by molar-refractivity contribution is 5.99. The minimum Gasteiger partial charge on any atom is -0.348 e. The van der Waals surface area contributed by atoms with Gasteiger partial charge in [0.05, 0.1) is 5.54 Å². The van der Waals surface area contributed by atoms with Gasteiger partial charge in [0.25, 0.3) is 5.91 Å². The largest absolute Gasteiger partial charge is 0.348 e. The molecule has 5 heteroatoms. The maximum absolute atomic E-state index is 12.1. The van der Waals surface area contributed by atoms with Crippen molar-refractivity contribution in [3.05, 3.63) is 23.8 Å². The standard InChI is InChI=1S/C14H16N4O/c1-9-15-7-10-6-11-13(19)16-8-14(4-2-3-5-14)18(11)12(10)17-9/h6-7H,2-5,8H2,1H3,(H,16,19). The highest BCUT2D eigenvalue weighted by atomic mass is 16.2. The van der Waals surface area contributed by atoms with Gasteiger partial charge in [0.2, 0.25) is 0 Å². The van der Waals surface area contributed by atoms with Gasteiger partial charge >= 0.3 is 0 Å². The number of aromatic nitrogens is 3. The van der Waals surface area contributed by atoms with Crippen molar-refractivity contribution in [3.63, 3.8) is 0 Å². The lowest BCUT2D eigenvalue weighted by Gasteiger charge is -2.37. The van der Waals surface area contributed by atoms with Crippen molar-refractivity contribution in [2.75, 3.05) is 6.54 Å². The number of carbonyl (C=O) groups excluding carboxylic acids is 1. The van der Waals surface area contributed by atoms with Crippen LogP contribution < -0.4 is 5.32 Å². The first kappa shape index (κ1) is 11.0. The van der Waals surface area contributed by atoms with E-state index in [2.05, 4.69) is 19.9 Å². The van der Waals surface area contributed by atoms with E-state index < -0.39 is 0 Å². The predicted octanol–water partition coefficient (Wildman–Crippen LogP) is 1.75. The SMILES string of the molecule is Cc1ncc2cc3n(c2n1)C1(CCCC1)CNC3=O. The lowest BCUT2D eigenvalue weighted by Crippen LogP contribution is -2.50. The third-order valence-corrected chi connectivity index (χ3v) is 4.48. The Hall–Kier alpha value is -1.91. The molecule has 1 aliphatic heterocycles. The minimum atomic E-state index is 0.00757. The van der Waals surface area contributed by atoms with E-state index in [1.54, 1.807) is 0 Å². The van der Waals surface area contributed by atoms with E-state index in [9.17, 15) is 4.79 Å². The highest BCUT2D eigenvalue weighted by Crippen LogP contribution is 2.41. The van der Waals surface area contributed by atoms with Gasteiger partial charge in [-0.1, -0.05) is 12.8 Å². The molecule has 19 heavy (non-hydrogen) atoms. The molecule has 98 valence electrons. The zero-order valence-electron chi connectivity index (χ0n) is 10.9. The van der Waals surface area contributed by atoms with Gasteiger partial charge in [0.15, 0.2) is 0 Å². The Bertz CT molecular complexity index is 682. The van der Waals surface area contributed by atoms with Crippen LogP contribution in [0.25, 0.3) is 11.0 Å². The van der Waals surface area contributed by atoms with Crippen molar-refractivity contribution >= 4 is 16.9 Å². The number of amides is 1. The normalized spacial score (nSPS) is 20.8. The van der Waals surface area contributed by atoms with Crippen molar-refractivity contribution < 1.29 is 4.79 Å². The molecule has 0 radical (unpaired) electrons. The number of fused-ring (bicyclic) bond motifs is 4. The highest BCUT2D eigenvalue weighted by Gasteiger charge is 2.42. The molecule has 3 heterocycles. The number of rotatable bonds is 0. The molecule has 1 fully saturated rings. The lowest BCUT2D eigenvalue weighted by atomic mass is 9.94. The Labute approximate surface area is 111 Å². The van der Waals surface area contributed by atoms with E-state index in [1.165, 1.54) is 12.8 Å². The van der Waals surface area contributed by atoms with Crippen LogP contribution in [0.2, 0.25) is 0 Å². The van der Waals surface area contributed by atoms with Crippen LogP contribution >= 0.6 is 0 Å². The smallest absolute Gasteiger partial charge is 0.268 e. The Balaban J connectivity index is 2.06. The summed E-state index contributed by atoms with van der Waals surface area (Å²) < 4.78 is 2.18. The second-order valence-corrected chi connectivity index (χ2v) is 5.68. The number of hydrogen-bond donors (Lipinski definition) is 1. The number of nitrogens with zero attached hydrogens (tertiary/aromatic N) is 3. The second kappa shape index (κ2) is 3.56. The van der Waals surface area contributed by atoms with Crippen LogP contribution in [0.5, 0.6) is 0 Å². The molecule has 2 aromatic heterocycles. The fraction of sp³-hybridized carbons (Fsp3) is 0.500. The molecule has 2 aliphatic rings. The lowest BCUT2D eigenvalue weighted by molar-refractivity contribution is 0.0876. The molecule has 1 aliphatic carbocycles. The van der Waals surface area contributed by atoms with Gasteiger partial charge in [-0.25, -0.2) is 9.97 Å². The summed E-state index contributed by atoms with van der Waals surface area (Å²) in [5.41, 5.74) is 1.69. The maximum Gasteiger partial charge on any atom is 0.268 e. The van der Waals surface area contributed by atoms with Gasteiger partial charge in [-0.3, -0.25) is 4.79 Å². The van der Waals surface area contributed by atoms with Gasteiger partial charge < -0.3 is 9.88 Å². The quantitative estimate of drug-likeness (QED) is 0.781. The summed E-state index contributed by atoms with van der Waals surface area (Å²) in [4.78, 5) is 20.9. The molecule has 1 amide bonds. The van der Waals surface area contributed by atoms with Gasteiger partial charge in [0, 0.05) is 18.1 Å². The molecule has 0 unspecified atom stereocenters. The average molecular weight is 256 g/mol. The van der Waals surface area contributed by atoms with Crippen LogP contribution in [0, 0.1) is 6.92 Å². The summed E-state index contributed by atoms with van der Waals surface area (Å²) in [6.45, 7) is 2.62. The van der Waals surface area contributed by atoms with Crippen molar-refractivity contribution in [2.45, 2.75) is 38.1 Å². The molecule has 0 saturated heterocycles. The van der Waals surface area contributed by atoms with Crippen molar-refractivity contribution in [1.82, 2.24) is 19.9 Å². The fourth-order valence-electron chi connectivity index (χ4n) is 3.57. The Morgan fingerprint density at radius 2 is 2.16 bits per heavy atom. The maximum atomic E-state index is 12.1. The van der Waals surface area contributed by atoms with E-state index >= 15 is 0 Å². The van der Waals surface area contributed by atoms with E-state index in [0.717, 1.165) is 41.9 Å². The molecular weight excluding hydrogens is 240 g/mol. The number of hydrogen-bond acceptors (Lipinski definition) is 3. The number of carbonyl (C=O) groups is 1. The molecule has 5 nitrogen and oxygen atoms in total. The van der Waals surface area contributed by atoms with Crippen LogP contribution in [-0.4, -0.2) is 27.0 Å². The summed E-state index contributed by atoms with van der Waals surface area (Å²) in [6, 6.07) is 1.92. The summed E-state index contributed by atoms with van der Waals surface area (Å²) >= 11 is 0. The Kier molecular flexibility index (Phi) is 2.05. The minimum absolute atomic E-state index is 0.00757. The molecule has 0 bridgehead atoms. The van der Waals surface area contributed by atoms with Crippen LogP contribution in [0.1, 0.15) is 42.0 Å². The monoisotopic (exact) mass is 256 g/mol. The number of nitrogens with one attached hydrogen (secondary N) is 1. The van der Waals surface area contributed by atoms with Crippen LogP contribution in [0.15, 0.2) is 12.3 Å². The van der Waals surface area contributed by atoms with E-state index in [0.29, 0.717) is 0 Å². The Morgan fingerprint density at radius 3 is 2.95 bits per heavy atom. The van der Waals surface area contributed by atoms with Gasteiger partial charge in [-0.05, 0) is 25.8 Å².